The molecule has 2 rings (SSSR count). The number of hydrogen-bond donors (Lipinski definition) is 2. The van der Waals surface area contributed by atoms with Gasteiger partial charge in [0.15, 0.2) is 0 Å². The lowest BCUT2D eigenvalue weighted by molar-refractivity contribution is 0.150. The third-order valence-electron chi connectivity index (χ3n) is 3.79. The molecule has 1 aliphatic heterocycles. The summed E-state index contributed by atoms with van der Waals surface area (Å²) in [6.45, 7) is 5.56. The molecule has 3 N–H and O–H groups in total. The van der Waals surface area contributed by atoms with Gasteiger partial charge < -0.3 is 16.0 Å². The number of nitrogens with two attached hydrogens (primary N) is 1. The fraction of sp³-hybridized carbons (Fsp3) is 0.615. The van der Waals surface area contributed by atoms with Gasteiger partial charge >= 0.3 is 0 Å². The predicted molar refractivity (Wildman–Crippen MR) is 81.2 cm³/mol. The van der Waals surface area contributed by atoms with Crippen molar-refractivity contribution in [3.63, 3.8) is 0 Å². The third-order valence-corrected chi connectivity index (χ3v) is 4.00. The first-order valence-electron chi connectivity index (χ1n) is 6.53. The van der Waals surface area contributed by atoms with Crippen molar-refractivity contribution in [1.29, 1.82) is 0 Å². The molecule has 0 aliphatic carbocycles. The highest BCUT2D eigenvalue weighted by Crippen LogP contribution is 2.30. The van der Waals surface area contributed by atoms with Crippen molar-refractivity contribution in [2.75, 3.05) is 32.0 Å². The van der Waals surface area contributed by atoms with E-state index >= 15 is 0 Å². The minimum absolute atomic E-state index is 0.279. The molecule has 1 aromatic rings. The highest BCUT2D eigenvalue weighted by molar-refractivity contribution is 7.80. The van der Waals surface area contributed by atoms with Gasteiger partial charge in [-0.1, -0.05) is 19.1 Å². The number of piperidine rings is 1. The maximum absolute atomic E-state index is 5.49. The summed E-state index contributed by atoms with van der Waals surface area (Å²) >= 11 is 4.85. The third kappa shape index (κ3) is 3.84. The number of nitrogens with zero attached hydrogens (tertiary/aromatic N) is 3. The van der Waals surface area contributed by atoms with E-state index in [1.807, 2.05) is 0 Å². The van der Waals surface area contributed by atoms with Crippen molar-refractivity contribution in [3.8, 4) is 0 Å². The van der Waals surface area contributed by atoms with Crippen LogP contribution in [0.5, 0.6) is 0 Å². The molecule has 2 heterocycles. The minimum Gasteiger partial charge on any atom is -0.388 e. The largest absolute Gasteiger partial charge is 0.388 e. The molecule has 0 bridgehead atoms. The van der Waals surface area contributed by atoms with Gasteiger partial charge in [-0.15, -0.1) is 0 Å². The van der Waals surface area contributed by atoms with Crippen molar-refractivity contribution in [2.45, 2.75) is 19.8 Å². The van der Waals surface area contributed by atoms with Crippen LogP contribution in [0.25, 0.3) is 0 Å². The number of thiocarbonyl (C=S) groups is 1. The summed E-state index contributed by atoms with van der Waals surface area (Å²) in [4.78, 5) is 11.1. The molecule has 1 saturated heterocycles. The standard InChI is InChI=1S/C13H21N5S/c1-13(3-5-18(2)6-4-13)9-17-11-8-15-10(7-16-11)12(14)19/h7-8H,3-6,9H2,1-2H3,(H2,14,19)(H,16,17). The molecule has 19 heavy (non-hydrogen) atoms. The number of hydrogen-bond acceptors (Lipinski definition) is 5. The smallest absolute Gasteiger partial charge is 0.144 e. The van der Waals surface area contributed by atoms with E-state index in [-0.39, 0.29) is 4.99 Å². The van der Waals surface area contributed by atoms with Crippen LogP contribution in [0.15, 0.2) is 12.4 Å². The summed E-state index contributed by atoms with van der Waals surface area (Å²) in [7, 11) is 2.17. The van der Waals surface area contributed by atoms with Gasteiger partial charge in [0.2, 0.25) is 0 Å². The molecular weight excluding hydrogens is 258 g/mol. The first kappa shape index (κ1) is 14.1. The van der Waals surface area contributed by atoms with Crippen LogP contribution >= 0.6 is 12.2 Å². The molecule has 0 spiro atoms. The van der Waals surface area contributed by atoms with Crippen molar-refractivity contribution < 1.29 is 0 Å². The Balaban J connectivity index is 1.89. The fourth-order valence-corrected chi connectivity index (χ4v) is 2.29. The zero-order chi connectivity index (χ0) is 13.9. The van der Waals surface area contributed by atoms with Crippen molar-refractivity contribution >= 4 is 23.0 Å². The number of aromatic nitrogens is 2. The second kappa shape index (κ2) is 5.79. The molecule has 0 saturated carbocycles. The van der Waals surface area contributed by atoms with Crippen LogP contribution in [0, 0.1) is 5.41 Å². The van der Waals surface area contributed by atoms with E-state index in [9.17, 15) is 0 Å². The second-order valence-corrected chi connectivity index (χ2v) is 6.06. The van der Waals surface area contributed by atoms with Crippen LogP contribution in [0.4, 0.5) is 5.82 Å². The average Bonchev–Trinajstić information content (AvgIpc) is 2.41. The number of rotatable bonds is 4. The van der Waals surface area contributed by atoms with Gasteiger partial charge in [0.25, 0.3) is 0 Å². The van der Waals surface area contributed by atoms with Crippen LogP contribution in [-0.4, -0.2) is 46.5 Å². The van der Waals surface area contributed by atoms with Crippen LogP contribution < -0.4 is 11.1 Å². The first-order valence-corrected chi connectivity index (χ1v) is 6.94. The Kier molecular flexibility index (Phi) is 4.31. The summed E-state index contributed by atoms with van der Waals surface area (Å²) in [5, 5.41) is 3.36. The number of anilines is 1. The van der Waals surface area contributed by atoms with E-state index in [1.54, 1.807) is 12.4 Å². The zero-order valence-corrected chi connectivity index (χ0v) is 12.3. The molecule has 1 fully saturated rings. The zero-order valence-electron chi connectivity index (χ0n) is 11.5. The Hall–Kier alpha value is -1.27. The van der Waals surface area contributed by atoms with E-state index in [2.05, 4.69) is 34.2 Å². The Bertz CT molecular complexity index is 437. The van der Waals surface area contributed by atoms with Gasteiger partial charge in [-0.2, -0.15) is 0 Å². The molecular formula is C13H21N5S. The summed E-state index contributed by atoms with van der Waals surface area (Å²) in [5.41, 5.74) is 6.38. The molecule has 1 aromatic heterocycles. The van der Waals surface area contributed by atoms with Gasteiger partial charge in [-0.25, -0.2) is 9.97 Å². The van der Waals surface area contributed by atoms with E-state index < -0.39 is 0 Å². The Morgan fingerprint density at radius 1 is 1.42 bits per heavy atom. The quantitative estimate of drug-likeness (QED) is 0.809. The van der Waals surface area contributed by atoms with E-state index in [0.717, 1.165) is 25.5 Å². The highest BCUT2D eigenvalue weighted by Gasteiger charge is 2.28. The van der Waals surface area contributed by atoms with Gasteiger partial charge in [-0.05, 0) is 38.4 Å². The molecule has 1 aliphatic rings. The van der Waals surface area contributed by atoms with Crippen LogP contribution in [0.1, 0.15) is 25.5 Å². The maximum atomic E-state index is 5.49. The highest BCUT2D eigenvalue weighted by atomic mass is 32.1. The minimum atomic E-state index is 0.279. The number of nitrogens with one attached hydrogen (secondary N) is 1. The van der Waals surface area contributed by atoms with Crippen molar-refractivity contribution in [3.05, 3.63) is 18.1 Å². The summed E-state index contributed by atoms with van der Waals surface area (Å²) in [6.07, 6.45) is 5.71. The Morgan fingerprint density at radius 3 is 2.63 bits per heavy atom. The molecule has 0 radical (unpaired) electrons. The Labute approximate surface area is 119 Å². The lowest BCUT2D eigenvalue weighted by Gasteiger charge is -2.38. The summed E-state index contributed by atoms with van der Waals surface area (Å²) in [6, 6.07) is 0. The molecule has 0 aromatic carbocycles. The lowest BCUT2D eigenvalue weighted by Crippen LogP contribution is -2.40. The van der Waals surface area contributed by atoms with Crippen LogP contribution in [0.2, 0.25) is 0 Å². The predicted octanol–water partition coefficient (Wildman–Crippen LogP) is 1.25. The molecule has 104 valence electrons. The summed E-state index contributed by atoms with van der Waals surface area (Å²) < 4.78 is 0. The van der Waals surface area contributed by atoms with Crippen molar-refractivity contribution in [1.82, 2.24) is 14.9 Å². The molecule has 5 nitrogen and oxygen atoms in total. The normalized spacial score (nSPS) is 19.1. The summed E-state index contributed by atoms with van der Waals surface area (Å²) in [5.74, 6) is 0.778. The second-order valence-electron chi connectivity index (χ2n) is 5.62. The van der Waals surface area contributed by atoms with Gasteiger partial charge in [-0.3, -0.25) is 0 Å². The SMILES string of the molecule is CN1CCC(C)(CNc2cnc(C(N)=S)cn2)CC1. The van der Waals surface area contributed by atoms with E-state index in [1.165, 1.54) is 12.8 Å². The van der Waals surface area contributed by atoms with Gasteiger partial charge in [0, 0.05) is 6.54 Å². The van der Waals surface area contributed by atoms with E-state index in [0.29, 0.717) is 11.1 Å². The topological polar surface area (TPSA) is 67.1 Å². The van der Waals surface area contributed by atoms with Gasteiger partial charge in [0.1, 0.15) is 16.5 Å². The first-order chi connectivity index (χ1) is 8.98. The molecule has 0 atom stereocenters. The van der Waals surface area contributed by atoms with Crippen LogP contribution in [0.3, 0.4) is 0 Å². The Morgan fingerprint density at radius 2 is 2.11 bits per heavy atom. The lowest BCUT2D eigenvalue weighted by atomic mass is 9.80. The van der Waals surface area contributed by atoms with Crippen LogP contribution in [-0.2, 0) is 0 Å². The van der Waals surface area contributed by atoms with E-state index in [4.69, 9.17) is 18.0 Å². The monoisotopic (exact) mass is 279 g/mol. The maximum Gasteiger partial charge on any atom is 0.144 e. The van der Waals surface area contributed by atoms with Crippen molar-refractivity contribution in [2.24, 2.45) is 11.1 Å². The average molecular weight is 279 g/mol. The molecule has 6 heteroatoms. The molecule has 0 unspecified atom stereocenters. The number of likely N-dealkylation sites (tertiary alicyclic amines) is 1. The fourth-order valence-electron chi connectivity index (χ4n) is 2.19. The molecule has 0 amide bonds. The van der Waals surface area contributed by atoms with Gasteiger partial charge in [0.05, 0.1) is 12.4 Å².